The maximum absolute atomic E-state index is 11.7. The molecule has 2 N–H and O–H groups in total. The molecule has 1 atom stereocenters. The number of hydrogen-bond donors (Lipinski definition) is 2. The molecule has 1 heterocycles. The molecule has 1 aromatic rings. The van der Waals surface area contributed by atoms with Gasteiger partial charge in [0.1, 0.15) is 6.33 Å². The van der Waals surface area contributed by atoms with Crippen LogP contribution in [0.1, 0.15) is 46.5 Å². The second kappa shape index (κ2) is 10.2. The number of thioether (sulfide) groups is 1. The number of aromatic nitrogens is 3. The Labute approximate surface area is 135 Å². The highest BCUT2D eigenvalue weighted by Gasteiger charge is 2.12. The Balaban J connectivity index is 2.35. The fourth-order valence-corrected chi connectivity index (χ4v) is 2.44. The lowest BCUT2D eigenvalue weighted by Gasteiger charge is -2.11. The maximum Gasteiger partial charge on any atom is 0.321 e. The molecule has 1 rings (SSSR count). The number of urea groups is 1. The predicted molar refractivity (Wildman–Crippen MR) is 86.7 cm³/mol. The highest BCUT2D eigenvalue weighted by atomic mass is 32.2. The molecule has 1 aromatic heterocycles. The number of carbonyl (C=O) groups is 2. The van der Waals surface area contributed by atoms with Gasteiger partial charge in [0.15, 0.2) is 5.16 Å². The van der Waals surface area contributed by atoms with Crippen molar-refractivity contribution in [3.63, 3.8) is 0 Å². The van der Waals surface area contributed by atoms with E-state index < -0.39 is 6.03 Å². The van der Waals surface area contributed by atoms with Crippen LogP contribution in [0, 0.1) is 0 Å². The number of amides is 3. The molecule has 0 bridgehead atoms. The molecule has 0 aliphatic carbocycles. The zero-order valence-electron chi connectivity index (χ0n) is 13.5. The summed E-state index contributed by atoms with van der Waals surface area (Å²) in [7, 11) is 0. The average Bonchev–Trinajstić information content (AvgIpc) is 2.92. The Bertz CT molecular complexity index is 478. The zero-order valence-corrected chi connectivity index (χ0v) is 14.3. The summed E-state index contributed by atoms with van der Waals surface area (Å²) in [5.41, 5.74) is 0. The van der Waals surface area contributed by atoms with Crippen LogP contribution in [0.25, 0.3) is 0 Å². The number of rotatable bonds is 9. The van der Waals surface area contributed by atoms with Gasteiger partial charge in [-0.15, -0.1) is 10.2 Å². The van der Waals surface area contributed by atoms with Gasteiger partial charge in [0.25, 0.3) is 0 Å². The summed E-state index contributed by atoms with van der Waals surface area (Å²) in [6.07, 6.45) is 5.85. The summed E-state index contributed by atoms with van der Waals surface area (Å²) in [5.74, 6) is -0.200. The van der Waals surface area contributed by atoms with Gasteiger partial charge in [-0.05, 0) is 19.8 Å². The van der Waals surface area contributed by atoms with E-state index in [1.807, 2.05) is 18.4 Å². The third kappa shape index (κ3) is 6.93. The van der Waals surface area contributed by atoms with Crippen LogP contribution in [0.4, 0.5) is 4.79 Å². The first-order valence-electron chi connectivity index (χ1n) is 7.67. The van der Waals surface area contributed by atoms with Gasteiger partial charge in [-0.3, -0.25) is 10.1 Å². The fraction of sp³-hybridized carbons (Fsp3) is 0.714. The minimum Gasteiger partial charge on any atom is -0.335 e. The van der Waals surface area contributed by atoms with Gasteiger partial charge in [-0.25, -0.2) is 4.79 Å². The van der Waals surface area contributed by atoms with E-state index in [0.29, 0.717) is 5.16 Å². The molecule has 7 nitrogen and oxygen atoms in total. The standard InChI is InChI=1S/C14H25N5O2S/c1-4-6-7-8-19-10-15-18-14(19)22-9-12(20)17-13(21)16-11(3)5-2/h10-11H,4-9H2,1-3H3,(H2,16,17,20,21)/t11-/m1/s1. The second-order valence-corrected chi connectivity index (χ2v) is 6.08. The zero-order chi connectivity index (χ0) is 16.4. The SMILES string of the molecule is CCCCCn1cnnc1SCC(=O)NC(=O)N[C@H](C)CC. The largest absolute Gasteiger partial charge is 0.335 e. The van der Waals surface area contributed by atoms with Gasteiger partial charge in [-0.1, -0.05) is 38.5 Å². The third-order valence-electron chi connectivity index (χ3n) is 3.16. The van der Waals surface area contributed by atoms with E-state index in [-0.39, 0.29) is 17.7 Å². The minimum atomic E-state index is -0.454. The van der Waals surface area contributed by atoms with E-state index in [1.165, 1.54) is 11.8 Å². The Hall–Kier alpha value is -1.57. The molecule has 8 heteroatoms. The van der Waals surface area contributed by atoms with Crippen LogP contribution in [0.5, 0.6) is 0 Å². The van der Waals surface area contributed by atoms with Crippen molar-refractivity contribution in [3.8, 4) is 0 Å². The lowest BCUT2D eigenvalue weighted by atomic mass is 10.2. The van der Waals surface area contributed by atoms with Crippen molar-refractivity contribution >= 4 is 23.7 Å². The lowest BCUT2D eigenvalue weighted by molar-refractivity contribution is -0.117. The topological polar surface area (TPSA) is 88.9 Å². The van der Waals surface area contributed by atoms with Crippen molar-refractivity contribution in [2.45, 2.75) is 64.2 Å². The molecular weight excluding hydrogens is 302 g/mol. The number of unbranched alkanes of at least 4 members (excludes halogenated alkanes) is 2. The van der Waals surface area contributed by atoms with Gasteiger partial charge in [0, 0.05) is 12.6 Å². The molecule has 0 saturated heterocycles. The van der Waals surface area contributed by atoms with Crippen LogP contribution in [0.2, 0.25) is 0 Å². The van der Waals surface area contributed by atoms with Crippen molar-refractivity contribution in [3.05, 3.63) is 6.33 Å². The normalized spacial score (nSPS) is 12.0. The first-order valence-corrected chi connectivity index (χ1v) is 8.66. The molecule has 0 spiro atoms. The number of hydrogen-bond acceptors (Lipinski definition) is 5. The van der Waals surface area contributed by atoms with Gasteiger partial charge < -0.3 is 9.88 Å². The molecule has 22 heavy (non-hydrogen) atoms. The molecular formula is C14H25N5O2S. The summed E-state index contributed by atoms with van der Waals surface area (Å²) in [6.45, 7) is 6.85. The van der Waals surface area contributed by atoms with Gasteiger partial charge in [0.05, 0.1) is 5.75 Å². The lowest BCUT2D eigenvalue weighted by Crippen LogP contribution is -2.43. The van der Waals surface area contributed by atoms with E-state index in [1.54, 1.807) is 6.33 Å². The smallest absolute Gasteiger partial charge is 0.321 e. The number of aryl methyl sites for hydroxylation is 1. The van der Waals surface area contributed by atoms with Crippen molar-refractivity contribution in [1.29, 1.82) is 0 Å². The summed E-state index contributed by atoms with van der Waals surface area (Å²) in [4.78, 5) is 23.3. The van der Waals surface area contributed by atoms with E-state index in [2.05, 4.69) is 27.8 Å². The fourth-order valence-electron chi connectivity index (χ4n) is 1.70. The summed E-state index contributed by atoms with van der Waals surface area (Å²) < 4.78 is 1.94. The highest BCUT2D eigenvalue weighted by molar-refractivity contribution is 7.99. The van der Waals surface area contributed by atoms with Gasteiger partial charge >= 0.3 is 6.03 Å². The molecule has 0 unspecified atom stereocenters. The molecule has 0 fully saturated rings. The monoisotopic (exact) mass is 327 g/mol. The third-order valence-corrected chi connectivity index (χ3v) is 4.14. The number of imide groups is 1. The van der Waals surface area contributed by atoms with E-state index >= 15 is 0 Å². The summed E-state index contributed by atoms with van der Waals surface area (Å²) in [6, 6.07) is -0.411. The Morgan fingerprint density at radius 2 is 2.14 bits per heavy atom. The van der Waals surface area contributed by atoms with Crippen LogP contribution < -0.4 is 10.6 Å². The molecule has 0 aliphatic rings. The predicted octanol–water partition coefficient (Wildman–Crippen LogP) is 2.18. The average molecular weight is 327 g/mol. The molecule has 0 aromatic carbocycles. The summed E-state index contributed by atoms with van der Waals surface area (Å²) >= 11 is 1.28. The van der Waals surface area contributed by atoms with Gasteiger partial charge in [0.2, 0.25) is 5.91 Å². The quantitative estimate of drug-likeness (QED) is 0.536. The number of nitrogens with one attached hydrogen (secondary N) is 2. The number of carbonyl (C=O) groups excluding carboxylic acids is 2. The van der Waals surface area contributed by atoms with Crippen LogP contribution in [0.15, 0.2) is 11.5 Å². The molecule has 0 saturated carbocycles. The minimum absolute atomic E-state index is 0.0436. The highest BCUT2D eigenvalue weighted by Crippen LogP contribution is 2.15. The molecule has 124 valence electrons. The first kappa shape index (κ1) is 18.5. The van der Waals surface area contributed by atoms with Crippen molar-refractivity contribution in [2.24, 2.45) is 0 Å². The van der Waals surface area contributed by atoms with Crippen LogP contribution in [-0.4, -0.2) is 38.5 Å². The summed E-state index contributed by atoms with van der Waals surface area (Å²) in [5, 5.41) is 13.6. The van der Waals surface area contributed by atoms with Crippen molar-refractivity contribution in [1.82, 2.24) is 25.4 Å². The maximum atomic E-state index is 11.7. The Kier molecular flexibility index (Phi) is 8.57. The van der Waals surface area contributed by atoms with E-state index in [4.69, 9.17) is 0 Å². The van der Waals surface area contributed by atoms with E-state index in [9.17, 15) is 9.59 Å². The second-order valence-electron chi connectivity index (χ2n) is 5.13. The molecule has 3 amide bonds. The van der Waals surface area contributed by atoms with E-state index in [0.717, 1.165) is 32.2 Å². The van der Waals surface area contributed by atoms with Gasteiger partial charge in [-0.2, -0.15) is 0 Å². The van der Waals surface area contributed by atoms with Crippen molar-refractivity contribution < 1.29 is 9.59 Å². The van der Waals surface area contributed by atoms with Crippen molar-refractivity contribution in [2.75, 3.05) is 5.75 Å². The molecule has 0 aliphatic heterocycles. The number of nitrogens with zero attached hydrogens (tertiary/aromatic N) is 3. The van der Waals surface area contributed by atoms with Crippen LogP contribution in [0.3, 0.4) is 0 Å². The molecule has 0 radical (unpaired) electrons. The Morgan fingerprint density at radius 1 is 1.36 bits per heavy atom. The van der Waals surface area contributed by atoms with Crippen LogP contribution in [-0.2, 0) is 11.3 Å². The Morgan fingerprint density at radius 3 is 2.82 bits per heavy atom. The first-order chi connectivity index (χ1) is 10.6. The van der Waals surface area contributed by atoms with Crippen LogP contribution >= 0.6 is 11.8 Å².